The molecule has 0 unspecified atom stereocenters. The predicted octanol–water partition coefficient (Wildman–Crippen LogP) is 9.50. The molecule has 0 aromatic heterocycles. The first-order valence-corrected chi connectivity index (χ1v) is 14.0. The molecule has 0 saturated heterocycles. The maximum absolute atomic E-state index is 10.9. The molecule has 30 heavy (non-hydrogen) atoms. The third-order valence-corrected chi connectivity index (χ3v) is 9.34. The number of phenols is 1. The topological polar surface area (TPSA) is 20.2 Å². The second-order valence-corrected chi connectivity index (χ2v) is 13.6. The lowest BCUT2D eigenvalue weighted by molar-refractivity contribution is 0.465. The lowest BCUT2D eigenvalue weighted by atomic mass is 9.94. The van der Waals surface area contributed by atoms with Gasteiger partial charge in [-0.15, -0.1) is 0 Å². The largest absolute Gasteiger partial charge is 0.507 e. The molecule has 0 aliphatic carbocycles. The van der Waals surface area contributed by atoms with E-state index in [2.05, 4.69) is 85.8 Å². The summed E-state index contributed by atoms with van der Waals surface area (Å²) in [6, 6.07) is 0. The zero-order valence-corrected chi connectivity index (χ0v) is 23.0. The summed E-state index contributed by atoms with van der Waals surface area (Å²) >= 11 is 4.11. The molecule has 1 aromatic carbocycles. The van der Waals surface area contributed by atoms with Gasteiger partial charge in [-0.05, 0) is 61.4 Å². The van der Waals surface area contributed by atoms with Crippen LogP contribution in [-0.2, 0) is 11.5 Å². The summed E-state index contributed by atoms with van der Waals surface area (Å²) < 4.78 is 0.565. The van der Waals surface area contributed by atoms with Gasteiger partial charge in [0, 0.05) is 21.0 Å². The second-order valence-electron chi connectivity index (χ2n) is 10.2. The molecule has 0 radical (unpaired) electrons. The lowest BCUT2D eigenvalue weighted by Crippen LogP contribution is -2.16. The molecule has 0 spiro atoms. The van der Waals surface area contributed by atoms with Crippen molar-refractivity contribution in [3.8, 4) is 5.75 Å². The molecular formula is C27H48OS2. The average molecular weight is 453 g/mol. The van der Waals surface area contributed by atoms with Gasteiger partial charge in [0.2, 0.25) is 0 Å². The lowest BCUT2D eigenvalue weighted by Gasteiger charge is -2.28. The molecule has 174 valence electrons. The predicted molar refractivity (Wildman–Crippen MR) is 141 cm³/mol. The molecule has 0 amide bonds. The van der Waals surface area contributed by atoms with Crippen molar-refractivity contribution >= 4 is 23.5 Å². The molecule has 0 bridgehead atoms. The highest BCUT2D eigenvalue weighted by Gasteiger charge is 2.24. The Morgan fingerprint density at radius 3 is 1.33 bits per heavy atom. The standard InChI is InChI=1S/C27H48OS2/c1-10-12-14-16-26(6,7)29-18-23-20(3)24(22(5)25(28)21(23)4)19-30-27(8,9)17-15-13-11-2/h28H,10-19H2,1-9H3. The van der Waals surface area contributed by atoms with E-state index < -0.39 is 0 Å². The highest BCUT2D eigenvalue weighted by Crippen LogP contribution is 2.41. The number of rotatable bonds is 14. The van der Waals surface area contributed by atoms with Crippen molar-refractivity contribution in [1.29, 1.82) is 0 Å². The Morgan fingerprint density at radius 1 is 0.633 bits per heavy atom. The van der Waals surface area contributed by atoms with Gasteiger partial charge in [-0.1, -0.05) is 80.1 Å². The summed E-state index contributed by atoms with van der Waals surface area (Å²) in [5.41, 5.74) is 6.27. The number of aromatic hydroxyl groups is 1. The molecule has 1 N–H and O–H groups in total. The fourth-order valence-corrected chi connectivity index (χ4v) is 6.54. The van der Waals surface area contributed by atoms with Crippen LogP contribution in [0.3, 0.4) is 0 Å². The van der Waals surface area contributed by atoms with Crippen molar-refractivity contribution in [2.24, 2.45) is 0 Å². The van der Waals surface area contributed by atoms with Crippen LogP contribution in [0.5, 0.6) is 5.75 Å². The summed E-state index contributed by atoms with van der Waals surface area (Å²) in [4.78, 5) is 0. The van der Waals surface area contributed by atoms with Gasteiger partial charge in [-0.25, -0.2) is 0 Å². The highest BCUT2D eigenvalue weighted by atomic mass is 32.2. The monoisotopic (exact) mass is 452 g/mol. The van der Waals surface area contributed by atoms with E-state index in [-0.39, 0.29) is 9.49 Å². The van der Waals surface area contributed by atoms with E-state index >= 15 is 0 Å². The fraction of sp³-hybridized carbons (Fsp3) is 0.778. The van der Waals surface area contributed by atoms with Gasteiger partial charge in [-0.3, -0.25) is 0 Å². The van der Waals surface area contributed by atoms with Crippen LogP contribution < -0.4 is 0 Å². The van der Waals surface area contributed by atoms with Gasteiger partial charge in [0.25, 0.3) is 0 Å². The minimum Gasteiger partial charge on any atom is -0.507 e. The van der Waals surface area contributed by atoms with E-state index in [9.17, 15) is 5.11 Å². The summed E-state index contributed by atoms with van der Waals surface area (Å²) in [5.74, 6) is 2.49. The summed E-state index contributed by atoms with van der Waals surface area (Å²) in [6.45, 7) is 20.5. The number of phenolic OH excluding ortho intramolecular Hbond substituents is 1. The van der Waals surface area contributed by atoms with Crippen LogP contribution in [0, 0.1) is 20.8 Å². The average Bonchev–Trinajstić information content (AvgIpc) is 2.66. The van der Waals surface area contributed by atoms with Crippen molar-refractivity contribution < 1.29 is 5.11 Å². The minimum absolute atomic E-state index is 0.282. The number of benzene rings is 1. The van der Waals surface area contributed by atoms with Crippen molar-refractivity contribution in [2.75, 3.05) is 0 Å². The number of hydrogen-bond donors (Lipinski definition) is 1. The molecule has 0 heterocycles. The smallest absolute Gasteiger partial charge is 0.122 e. The van der Waals surface area contributed by atoms with Crippen LogP contribution in [0.4, 0.5) is 0 Å². The zero-order chi connectivity index (χ0) is 22.9. The summed E-state index contributed by atoms with van der Waals surface area (Å²) in [6.07, 6.45) is 10.3. The van der Waals surface area contributed by atoms with Gasteiger partial charge >= 0.3 is 0 Å². The van der Waals surface area contributed by atoms with Crippen LogP contribution in [0.2, 0.25) is 0 Å². The Labute approximate surface area is 196 Å². The Hall–Kier alpha value is -0.280. The van der Waals surface area contributed by atoms with Crippen LogP contribution in [-0.4, -0.2) is 14.6 Å². The normalized spacial score (nSPS) is 12.6. The van der Waals surface area contributed by atoms with Gasteiger partial charge in [0.1, 0.15) is 5.75 Å². The van der Waals surface area contributed by atoms with Crippen molar-refractivity contribution in [3.05, 3.63) is 27.8 Å². The fourth-order valence-electron chi connectivity index (χ4n) is 4.03. The van der Waals surface area contributed by atoms with E-state index in [0.717, 1.165) is 22.6 Å². The van der Waals surface area contributed by atoms with Gasteiger partial charge in [0.05, 0.1) is 0 Å². The van der Waals surface area contributed by atoms with E-state index in [1.807, 2.05) is 0 Å². The van der Waals surface area contributed by atoms with Crippen LogP contribution in [0.25, 0.3) is 0 Å². The molecule has 1 nitrogen and oxygen atoms in total. The third-order valence-electron chi connectivity index (χ3n) is 6.50. The maximum atomic E-state index is 10.9. The molecule has 1 aromatic rings. The molecule has 0 atom stereocenters. The maximum Gasteiger partial charge on any atom is 0.122 e. The van der Waals surface area contributed by atoms with Crippen molar-refractivity contribution in [1.82, 2.24) is 0 Å². The Morgan fingerprint density at radius 2 is 1.00 bits per heavy atom. The van der Waals surface area contributed by atoms with Crippen molar-refractivity contribution in [3.63, 3.8) is 0 Å². The SMILES string of the molecule is CCCCCC(C)(C)SCc1c(C)c(O)c(C)c(CSC(C)(C)CCCCC)c1C. The summed E-state index contributed by atoms with van der Waals surface area (Å²) in [7, 11) is 0. The molecule has 0 aliphatic rings. The second kappa shape index (κ2) is 12.7. The van der Waals surface area contributed by atoms with Gasteiger partial charge < -0.3 is 5.11 Å². The molecule has 3 heteroatoms. The molecule has 1 rings (SSSR count). The van der Waals surface area contributed by atoms with Crippen molar-refractivity contribution in [2.45, 2.75) is 135 Å². The van der Waals surface area contributed by atoms with Crippen LogP contribution >= 0.6 is 23.5 Å². The van der Waals surface area contributed by atoms with Crippen LogP contribution in [0.1, 0.15) is 121 Å². The first-order chi connectivity index (χ1) is 14.0. The number of unbranched alkanes of at least 4 members (excludes halogenated alkanes) is 4. The molecule has 0 aliphatic heterocycles. The Bertz CT molecular complexity index is 608. The minimum atomic E-state index is 0.282. The number of thioether (sulfide) groups is 2. The Balaban J connectivity index is 2.96. The van der Waals surface area contributed by atoms with Gasteiger partial charge in [0.15, 0.2) is 0 Å². The van der Waals surface area contributed by atoms with Crippen LogP contribution in [0.15, 0.2) is 0 Å². The third kappa shape index (κ3) is 8.69. The van der Waals surface area contributed by atoms with E-state index in [4.69, 9.17) is 0 Å². The highest BCUT2D eigenvalue weighted by molar-refractivity contribution is 8.00. The number of hydrogen-bond acceptors (Lipinski definition) is 3. The first kappa shape index (κ1) is 27.8. The zero-order valence-electron chi connectivity index (χ0n) is 21.3. The quantitative estimate of drug-likeness (QED) is 0.284. The van der Waals surface area contributed by atoms with E-state index in [1.165, 1.54) is 68.1 Å². The van der Waals surface area contributed by atoms with E-state index in [0.29, 0.717) is 5.75 Å². The molecular weight excluding hydrogens is 404 g/mol. The Kier molecular flexibility index (Phi) is 11.7. The molecule has 0 saturated carbocycles. The van der Waals surface area contributed by atoms with E-state index in [1.54, 1.807) is 0 Å². The van der Waals surface area contributed by atoms with Gasteiger partial charge in [-0.2, -0.15) is 23.5 Å². The molecule has 0 fully saturated rings. The summed E-state index contributed by atoms with van der Waals surface area (Å²) in [5, 5.41) is 10.9. The first-order valence-electron chi connectivity index (χ1n) is 12.0.